The number of amides is 1. The second kappa shape index (κ2) is 6.27. The first kappa shape index (κ1) is 13.5. The highest BCUT2D eigenvalue weighted by Crippen LogP contribution is 2.13. The van der Waals surface area contributed by atoms with Gasteiger partial charge in [-0.25, -0.2) is 0 Å². The van der Waals surface area contributed by atoms with Gasteiger partial charge in [-0.15, -0.1) is 0 Å². The lowest BCUT2D eigenvalue weighted by Gasteiger charge is -2.20. The zero-order valence-electron chi connectivity index (χ0n) is 11.1. The summed E-state index contributed by atoms with van der Waals surface area (Å²) in [4.78, 5) is 12.0. The van der Waals surface area contributed by atoms with E-state index < -0.39 is 0 Å². The molecule has 102 valence electrons. The molecule has 2 rings (SSSR count). The predicted molar refractivity (Wildman–Crippen MR) is 74.6 cm³/mol. The topological polar surface area (TPSA) is 61.4 Å². The minimum Gasteiger partial charge on any atom is -0.494 e. The van der Waals surface area contributed by atoms with Gasteiger partial charge in [-0.05, 0) is 31.7 Å². The average molecular weight is 260 g/mol. The van der Waals surface area contributed by atoms with E-state index in [9.17, 15) is 9.90 Å². The highest BCUT2D eigenvalue weighted by Gasteiger charge is 2.19. The average Bonchev–Trinajstić information content (AvgIpc) is 2.40. The van der Waals surface area contributed by atoms with Crippen LogP contribution in [0.3, 0.4) is 0 Å². The van der Waals surface area contributed by atoms with Gasteiger partial charge in [-0.3, -0.25) is 4.79 Å². The molecule has 19 heavy (non-hydrogen) atoms. The molecular formula is C15H20N2O2. The molecule has 1 unspecified atom stereocenters. The van der Waals surface area contributed by atoms with Crippen LogP contribution in [-0.4, -0.2) is 23.6 Å². The van der Waals surface area contributed by atoms with Crippen LogP contribution in [0.25, 0.3) is 0 Å². The van der Waals surface area contributed by atoms with Crippen LogP contribution in [0.15, 0.2) is 41.8 Å². The normalized spacial score (nSPS) is 16.7. The molecule has 1 aromatic rings. The maximum Gasteiger partial charge on any atom is 0.252 e. The van der Waals surface area contributed by atoms with Crippen molar-refractivity contribution in [1.82, 2.24) is 10.6 Å². The largest absolute Gasteiger partial charge is 0.494 e. The Morgan fingerprint density at radius 1 is 1.42 bits per heavy atom. The molecule has 1 aromatic carbocycles. The van der Waals surface area contributed by atoms with Gasteiger partial charge in [0.2, 0.25) is 0 Å². The molecule has 1 heterocycles. The van der Waals surface area contributed by atoms with Crippen molar-refractivity contribution in [3.8, 4) is 0 Å². The van der Waals surface area contributed by atoms with Gasteiger partial charge in [-0.1, -0.05) is 30.3 Å². The molecule has 0 spiro atoms. The number of hydrogen-bond donors (Lipinski definition) is 3. The molecule has 0 fully saturated rings. The molecule has 1 aliphatic heterocycles. The molecule has 0 aromatic heterocycles. The molecule has 0 saturated heterocycles. The molecule has 0 radical (unpaired) electrons. The van der Waals surface area contributed by atoms with Crippen LogP contribution in [0.4, 0.5) is 0 Å². The predicted octanol–water partition coefficient (Wildman–Crippen LogP) is 1.89. The van der Waals surface area contributed by atoms with Gasteiger partial charge < -0.3 is 15.7 Å². The van der Waals surface area contributed by atoms with E-state index in [1.165, 1.54) is 5.56 Å². The fourth-order valence-corrected chi connectivity index (χ4v) is 2.25. The third-order valence-corrected chi connectivity index (χ3v) is 3.22. The third-order valence-electron chi connectivity index (χ3n) is 3.22. The number of nitrogens with one attached hydrogen (secondary N) is 2. The Balaban J connectivity index is 1.92. The van der Waals surface area contributed by atoms with Crippen LogP contribution in [0, 0.1) is 0 Å². The van der Waals surface area contributed by atoms with Crippen LogP contribution in [0.2, 0.25) is 0 Å². The van der Waals surface area contributed by atoms with Gasteiger partial charge in [0.05, 0.1) is 5.57 Å². The fourth-order valence-electron chi connectivity index (χ4n) is 2.25. The SMILES string of the molecule is CC(Cc1ccccc1)NC(=O)C1=C(O)NCCC1. The molecule has 1 atom stereocenters. The fraction of sp³-hybridized carbons (Fsp3) is 0.400. The zero-order valence-corrected chi connectivity index (χ0v) is 11.1. The first-order valence-electron chi connectivity index (χ1n) is 6.67. The van der Waals surface area contributed by atoms with Crippen molar-refractivity contribution in [3.05, 3.63) is 47.4 Å². The molecule has 1 amide bonds. The van der Waals surface area contributed by atoms with Crippen LogP contribution < -0.4 is 10.6 Å². The van der Waals surface area contributed by atoms with Gasteiger partial charge in [0.1, 0.15) is 0 Å². The van der Waals surface area contributed by atoms with Crippen molar-refractivity contribution in [2.24, 2.45) is 0 Å². The summed E-state index contributed by atoms with van der Waals surface area (Å²) in [6, 6.07) is 10.1. The monoisotopic (exact) mass is 260 g/mol. The summed E-state index contributed by atoms with van der Waals surface area (Å²) in [5, 5.41) is 15.4. The maximum absolute atomic E-state index is 12.0. The molecule has 0 aliphatic carbocycles. The zero-order chi connectivity index (χ0) is 13.7. The quantitative estimate of drug-likeness (QED) is 0.774. The second-order valence-electron chi connectivity index (χ2n) is 4.92. The van der Waals surface area contributed by atoms with E-state index in [1.807, 2.05) is 37.3 Å². The molecule has 0 saturated carbocycles. The Bertz CT molecular complexity index is 468. The first-order valence-corrected chi connectivity index (χ1v) is 6.67. The number of hydrogen-bond acceptors (Lipinski definition) is 3. The minimum atomic E-state index is -0.173. The standard InChI is InChI=1S/C15H20N2O2/c1-11(10-12-6-3-2-4-7-12)17-15(19)13-8-5-9-16-14(13)18/h2-4,6-7,11,16,18H,5,8-10H2,1H3,(H,17,19). The lowest BCUT2D eigenvalue weighted by Crippen LogP contribution is -2.37. The van der Waals surface area contributed by atoms with Gasteiger partial charge in [0, 0.05) is 12.6 Å². The van der Waals surface area contributed by atoms with Gasteiger partial charge in [-0.2, -0.15) is 0 Å². The van der Waals surface area contributed by atoms with Gasteiger partial charge in [0.25, 0.3) is 5.91 Å². The summed E-state index contributed by atoms with van der Waals surface area (Å²) in [6.45, 7) is 2.70. The molecule has 1 aliphatic rings. The second-order valence-corrected chi connectivity index (χ2v) is 4.92. The Hall–Kier alpha value is -1.97. The molecule has 0 bridgehead atoms. The number of aliphatic hydroxyl groups is 1. The highest BCUT2D eigenvalue weighted by molar-refractivity contribution is 5.94. The Morgan fingerprint density at radius 3 is 2.84 bits per heavy atom. The Morgan fingerprint density at radius 2 is 2.16 bits per heavy atom. The summed E-state index contributed by atoms with van der Waals surface area (Å²) < 4.78 is 0. The van der Waals surface area contributed by atoms with Crippen molar-refractivity contribution in [2.45, 2.75) is 32.2 Å². The highest BCUT2D eigenvalue weighted by atomic mass is 16.3. The number of benzene rings is 1. The Kier molecular flexibility index (Phi) is 4.44. The van der Waals surface area contributed by atoms with Crippen LogP contribution in [0.5, 0.6) is 0 Å². The summed E-state index contributed by atoms with van der Waals surface area (Å²) >= 11 is 0. The van der Waals surface area contributed by atoms with E-state index in [4.69, 9.17) is 0 Å². The van der Waals surface area contributed by atoms with E-state index >= 15 is 0 Å². The van der Waals surface area contributed by atoms with Crippen molar-refractivity contribution in [1.29, 1.82) is 0 Å². The summed E-state index contributed by atoms with van der Waals surface area (Å²) in [5.41, 5.74) is 1.65. The van der Waals surface area contributed by atoms with Gasteiger partial charge >= 0.3 is 0 Å². The summed E-state index contributed by atoms with van der Waals surface area (Å²) in [5.74, 6) is -0.149. The van der Waals surface area contributed by atoms with E-state index in [2.05, 4.69) is 10.6 Å². The summed E-state index contributed by atoms with van der Waals surface area (Å²) in [7, 11) is 0. The summed E-state index contributed by atoms with van der Waals surface area (Å²) in [6.07, 6.45) is 2.29. The van der Waals surface area contributed by atoms with Crippen molar-refractivity contribution in [3.63, 3.8) is 0 Å². The molecular weight excluding hydrogens is 240 g/mol. The number of carbonyl (C=O) groups excluding carboxylic acids is 1. The lowest BCUT2D eigenvalue weighted by molar-refractivity contribution is -0.118. The molecule has 4 nitrogen and oxygen atoms in total. The lowest BCUT2D eigenvalue weighted by atomic mass is 10.0. The van der Waals surface area contributed by atoms with E-state index in [0.29, 0.717) is 12.0 Å². The number of aliphatic hydroxyl groups excluding tert-OH is 1. The smallest absolute Gasteiger partial charge is 0.252 e. The van der Waals surface area contributed by atoms with Gasteiger partial charge in [0.15, 0.2) is 5.88 Å². The van der Waals surface area contributed by atoms with E-state index in [1.54, 1.807) is 0 Å². The molecule has 4 heteroatoms. The van der Waals surface area contributed by atoms with E-state index in [0.717, 1.165) is 19.4 Å². The van der Waals surface area contributed by atoms with E-state index in [-0.39, 0.29) is 17.8 Å². The van der Waals surface area contributed by atoms with Crippen LogP contribution >= 0.6 is 0 Å². The minimum absolute atomic E-state index is 0.0238. The first-order chi connectivity index (χ1) is 9.16. The maximum atomic E-state index is 12.0. The number of rotatable bonds is 4. The van der Waals surface area contributed by atoms with Crippen LogP contribution in [0.1, 0.15) is 25.3 Å². The van der Waals surface area contributed by atoms with Crippen molar-refractivity contribution < 1.29 is 9.90 Å². The van der Waals surface area contributed by atoms with Crippen LogP contribution in [-0.2, 0) is 11.2 Å². The van der Waals surface area contributed by atoms with Crippen molar-refractivity contribution in [2.75, 3.05) is 6.54 Å². The third kappa shape index (κ3) is 3.74. The number of carbonyl (C=O) groups is 1. The molecule has 3 N–H and O–H groups in total. The van der Waals surface area contributed by atoms with Crippen molar-refractivity contribution >= 4 is 5.91 Å². The Labute approximate surface area is 113 Å².